The summed E-state index contributed by atoms with van der Waals surface area (Å²) in [6, 6.07) is 5.28. The smallest absolute Gasteiger partial charge is 0.372 e. The number of alkyl halides is 3. The van der Waals surface area contributed by atoms with Gasteiger partial charge in [-0.15, -0.1) is 0 Å². The van der Waals surface area contributed by atoms with Gasteiger partial charge in [-0.3, -0.25) is 4.79 Å². The zero-order valence-corrected chi connectivity index (χ0v) is 12.9. The number of hydrogen-bond donors (Lipinski definition) is 0. The van der Waals surface area contributed by atoms with Crippen LogP contribution in [0.3, 0.4) is 0 Å². The zero-order valence-electron chi connectivity index (χ0n) is 10.8. The van der Waals surface area contributed by atoms with Crippen molar-refractivity contribution in [3.05, 3.63) is 29.8 Å². The van der Waals surface area contributed by atoms with Gasteiger partial charge in [0.2, 0.25) is 0 Å². The highest BCUT2D eigenvalue weighted by Gasteiger charge is 2.30. The van der Waals surface area contributed by atoms with E-state index in [9.17, 15) is 18.0 Å². The van der Waals surface area contributed by atoms with Crippen LogP contribution in [0.2, 0.25) is 0 Å². The van der Waals surface area contributed by atoms with E-state index in [0.717, 1.165) is 43.8 Å². The maximum Gasteiger partial charge on any atom is 0.416 e. The summed E-state index contributed by atoms with van der Waals surface area (Å²) in [7, 11) is 0. The molecule has 1 saturated heterocycles. The van der Waals surface area contributed by atoms with Crippen LogP contribution in [-0.4, -0.2) is 16.9 Å². The molecule has 110 valence electrons. The summed E-state index contributed by atoms with van der Waals surface area (Å²) in [6.45, 7) is 1.58. The first-order valence-electron chi connectivity index (χ1n) is 6.47. The van der Waals surface area contributed by atoms with Crippen LogP contribution in [0.15, 0.2) is 24.3 Å². The molecule has 1 heterocycles. The average molecular weight is 397 g/mol. The van der Waals surface area contributed by atoms with Crippen molar-refractivity contribution in [3.63, 3.8) is 0 Å². The van der Waals surface area contributed by atoms with E-state index in [4.69, 9.17) is 0 Å². The Bertz CT molecular complexity index is 464. The number of benzene rings is 1. The van der Waals surface area contributed by atoms with E-state index in [1.165, 1.54) is 12.1 Å². The molecule has 0 N–H and O–H groups in total. The Labute approximate surface area is 129 Å². The van der Waals surface area contributed by atoms with Crippen molar-refractivity contribution in [1.82, 2.24) is 0 Å². The number of carbonyl (C=O) groups is 1. The fourth-order valence-electron chi connectivity index (χ4n) is 2.48. The van der Waals surface area contributed by atoms with Gasteiger partial charge in [-0.25, -0.2) is 0 Å². The van der Waals surface area contributed by atoms with Crippen molar-refractivity contribution in [2.75, 3.05) is 18.0 Å². The van der Waals surface area contributed by atoms with Crippen LogP contribution in [0.1, 0.15) is 24.8 Å². The maximum atomic E-state index is 12.5. The first-order chi connectivity index (χ1) is 9.36. The van der Waals surface area contributed by atoms with Gasteiger partial charge in [0.25, 0.3) is 0 Å². The van der Waals surface area contributed by atoms with E-state index in [1.54, 1.807) is 0 Å². The highest BCUT2D eigenvalue weighted by atomic mass is 127. The summed E-state index contributed by atoms with van der Waals surface area (Å²) in [5.41, 5.74) is 0.198. The summed E-state index contributed by atoms with van der Waals surface area (Å²) in [4.78, 5) is 13.1. The largest absolute Gasteiger partial charge is 0.416 e. The predicted molar refractivity (Wildman–Crippen MR) is 80.0 cm³/mol. The van der Waals surface area contributed by atoms with Crippen LogP contribution < -0.4 is 4.90 Å². The van der Waals surface area contributed by atoms with Gasteiger partial charge in [0.1, 0.15) is 0 Å². The van der Waals surface area contributed by atoms with E-state index in [0.29, 0.717) is 12.3 Å². The Morgan fingerprint density at radius 3 is 2.20 bits per heavy atom. The summed E-state index contributed by atoms with van der Waals surface area (Å²) in [5, 5.41) is 0. The van der Waals surface area contributed by atoms with E-state index < -0.39 is 11.7 Å². The molecule has 0 aromatic heterocycles. The molecule has 2 rings (SSSR count). The Kier molecular flexibility index (Phi) is 4.93. The molecule has 1 aliphatic rings. The monoisotopic (exact) mass is 397 g/mol. The van der Waals surface area contributed by atoms with Gasteiger partial charge in [0.05, 0.1) is 5.56 Å². The fraction of sp³-hybridized carbons (Fsp3) is 0.500. The molecule has 0 aliphatic carbocycles. The maximum absolute atomic E-state index is 12.5. The van der Waals surface area contributed by atoms with Crippen molar-refractivity contribution in [3.8, 4) is 0 Å². The normalized spacial score (nSPS) is 17.3. The van der Waals surface area contributed by atoms with Crippen molar-refractivity contribution < 1.29 is 18.0 Å². The Balaban J connectivity index is 1.95. The van der Waals surface area contributed by atoms with E-state index in [1.807, 2.05) is 22.6 Å². The molecular weight excluding hydrogens is 382 g/mol. The van der Waals surface area contributed by atoms with Crippen molar-refractivity contribution in [1.29, 1.82) is 0 Å². The van der Waals surface area contributed by atoms with Crippen LogP contribution >= 0.6 is 22.6 Å². The minimum absolute atomic E-state index is 0.176. The van der Waals surface area contributed by atoms with Crippen molar-refractivity contribution in [2.24, 2.45) is 5.92 Å². The molecule has 20 heavy (non-hydrogen) atoms. The molecular formula is C14H15F3INO. The molecule has 0 spiro atoms. The second-order valence-electron chi connectivity index (χ2n) is 5.03. The third-order valence-electron chi connectivity index (χ3n) is 3.62. The minimum atomic E-state index is -4.29. The first-order valence-corrected chi connectivity index (χ1v) is 7.54. The summed E-state index contributed by atoms with van der Waals surface area (Å²) in [6.07, 6.45) is -1.86. The lowest BCUT2D eigenvalue weighted by Crippen LogP contribution is -2.34. The van der Waals surface area contributed by atoms with Crippen LogP contribution in [0, 0.1) is 5.92 Å². The van der Waals surface area contributed by atoms with Crippen LogP contribution in [-0.2, 0) is 11.0 Å². The van der Waals surface area contributed by atoms with Gasteiger partial charge in [-0.1, -0.05) is 0 Å². The van der Waals surface area contributed by atoms with Gasteiger partial charge in [-0.05, 0) is 65.6 Å². The number of carbonyl (C=O) groups excluding carboxylic acids is 1. The second-order valence-corrected chi connectivity index (χ2v) is 6.24. The Morgan fingerprint density at radius 1 is 1.20 bits per heavy atom. The van der Waals surface area contributed by atoms with Gasteiger partial charge in [-0.2, -0.15) is 13.2 Å². The minimum Gasteiger partial charge on any atom is -0.372 e. The first kappa shape index (κ1) is 15.6. The van der Waals surface area contributed by atoms with E-state index >= 15 is 0 Å². The molecule has 0 saturated carbocycles. The molecule has 0 bridgehead atoms. The van der Waals surface area contributed by atoms with Gasteiger partial charge >= 0.3 is 6.18 Å². The van der Waals surface area contributed by atoms with Gasteiger partial charge < -0.3 is 4.90 Å². The number of hydrogen-bond acceptors (Lipinski definition) is 2. The number of nitrogens with zero attached hydrogens (tertiary/aromatic N) is 1. The summed E-state index contributed by atoms with van der Waals surface area (Å²) < 4.78 is 37.6. The lowest BCUT2D eigenvalue weighted by atomic mass is 9.94. The van der Waals surface area contributed by atoms with Crippen LogP contribution in [0.4, 0.5) is 18.9 Å². The van der Waals surface area contributed by atoms with Crippen molar-refractivity contribution in [2.45, 2.75) is 25.4 Å². The zero-order chi connectivity index (χ0) is 14.8. The molecule has 0 amide bonds. The van der Waals surface area contributed by atoms with E-state index in [2.05, 4.69) is 4.90 Å². The molecule has 0 radical (unpaired) electrons. The predicted octanol–water partition coefficient (Wildman–Crippen LogP) is 4.27. The SMILES string of the molecule is O=C(I)CC1CCN(c2ccc(C(F)(F)F)cc2)CC1. The highest BCUT2D eigenvalue weighted by Crippen LogP contribution is 2.32. The molecule has 1 aromatic rings. The second kappa shape index (κ2) is 6.32. The Hall–Kier alpha value is -0.790. The van der Waals surface area contributed by atoms with Crippen molar-refractivity contribution >= 4 is 32.1 Å². The Morgan fingerprint density at radius 2 is 1.75 bits per heavy atom. The molecule has 1 fully saturated rings. The summed E-state index contributed by atoms with van der Waals surface area (Å²) >= 11 is 1.81. The highest BCUT2D eigenvalue weighted by molar-refractivity contribution is 14.1. The topological polar surface area (TPSA) is 20.3 Å². The van der Waals surface area contributed by atoms with Crippen LogP contribution in [0.25, 0.3) is 0 Å². The average Bonchev–Trinajstić information content (AvgIpc) is 2.38. The van der Waals surface area contributed by atoms with Crippen LogP contribution in [0.5, 0.6) is 0 Å². The number of piperidine rings is 1. The number of anilines is 1. The molecule has 0 atom stereocenters. The van der Waals surface area contributed by atoms with E-state index in [-0.39, 0.29) is 3.79 Å². The number of halogens is 4. The summed E-state index contributed by atoms with van der Waals surface area (Å²) in [5.74, 6) is 0.407. The molecule has 1 aliphatic heterocycles. The quantitative estimate of drug-likeness (QED) is 0.561. The fourth-order valence-corrected chi connectivity index (χ4v) is 3.11. The molecule has 0 unspecified atom stereocenters. The molecule has 1 aromatic carbocycles. The number of rotatable bonds is 3. The lowest BCUT2D eigenvalue weighted by molar-refractivity contribution is -0.137. The third-order valence-corrected chi connectivity index (χ3v) is 4.06. The van der Waals surface area contributed by atoms with Gasteiger partial charge in [0.15, 0.2) is 3.79 Å². The standard InChI is InChI=1S/C14H15F3INO/c15-14(16,17)11-1-3-12(4-2-11)19-7-5-10(6-8-19)9-13(18)20/h1-4,10H,5-9H2. The molecule has 6 heteroatoms. The third kappa shape index (κ3) is 4.10. The lowest BCUT2D eigenvalue weighted by Gasteiger charge is -2.33. The van der Waals surface area contributed by atoms with Gasteiger partial charge in [0, 0.05) is 25.2 Å². The molecule has 2 nitrogen and oxygen atoms in total.